The Bertz CT molecular complexity index is 1460. The van der Waals surface area contributed by atoms with Crippen molar-refractivity contribution >= 4 is 22.7 Å². The van der Waals surface area contributed by atoms with Gasteiger partial charge in [-0.3, -0.25) is 9.36 Å². The van der Waals surface area contributed by atoms with Crippen molar-refractivity contribution in [2.24, 2.45) is 0 Å². The van der Waals surface area contributed by atoms with E-state index >= 15 is 0 Å². The van der Waals surface area contributed by atoms with Crippen molar-refractivity contribution in [1.29, 1.82) is 0 Å². The number of hydrogen-bond donors (Lipinski definition) is 1. The van der Waals surface area contributed by atoms with E-state index in [4.69, 9.17) is 4.74 Å². The lowest BCUT2D eigenvalue weighted by atomic mass is 10.1. The predicted molar refractivity (Wildman–Crippen MR) is 135 cm³/mol. The summed E-state index contributed by atoms with van der Waals surface area (Å²) >= 11 is 1.57. The lowest BCUT2D eigenvalue weighted by molar-refractivity contribution is 0.289. The number of para-hydroxylation sites is 1. The smallest absolute Gasteiger partial charge is 0.248 e. The fourth-order valence-corrected chi connectivity index (χ4v) is 4.73. The standard InChI is InChI=1S/C27H24N4O2S/c1-19-11-13-22(14-12-19)33-17-25-29-30-27(31(25)16-20-7-3-2-4-8-20)34-18-21-15-26(32)28-24-10-6-5-9-23(21)24/h2-15H,16-18H2,1H3,(H,28,32). The first-order chi connectivity index (χ1) is 16.7. The number of aromatic amines is 1. The maximum absolute atomic E-state index is 12.2. The topological polar surface area (TPSA) is 72.8 Å². The minimum absolute atomic E-state index is 0.104. The molecule has 0 aliphatic heterocycles. The van der Waals surface area contributed by atoms with Crippen LogP contribution in [-0.2, 0) is 18.9 Å². The van der Waals surface area contributed by atoms with Gasteiger partial charge in [-0.05, 0) is 36.2 Å². The van der Waals surface area contributed by atoms with Crippen LogP contribution in [0.2, 0.25) is 0 Å². The van der Waals surface area contributed by atoms with Gasteiger partial charge in [0.05, 0.1) is 6.54 Å². The zero-order chi connectivity index (χ0) is 23.3. The average molecular weight is 469 g/mol. The first-order valence-electron chi connectivity index (χ1n) is 11.0. The van der Waals surface area contributed by atoms with Crippen molar-refractivity contribution < 1.29 is 4.74 Å². The van der Waals surface area contributed by atoms with Crippen LogP contribution in [0.5, 0.6) is 5.75 Å². The Kier molecular flexibility index (Phi) is 6.44. The highest BCUT2D eigenvalue weighted by Crippen LogP contribution is 2.26. The highest BCUT2D eigenvalue weighted by Gasteiger charge is 2.15. The summed E-state index contributed by atoms with van der Waals surface area (Å²) < 4.78 is 8.08. The molecule has 0 spiro atoms. The molecule has 0 bridgehead atoms. The Labute approximate surface area is 201 Å². The van der Waals surface area contributed by atoms with E-state index in [-0.39, 0.29) is 5.56 Å². The number of pyridine rings is 1. The third kappa shape index (κ3) is 5.05. The zero-order valence-corrected chi connectivity index (χ0v) is 19.6. The van der Waals surface area contributed by atoms with Gasteiger partial charge in [0.15, 0.2) is 11.0 Å². The molecule has 0 atom stereocenters. The molecule has 3 aromatic carbocycles. The number of benzene rings is 3. The fraction of sp³-hybridized carbons (Fsp3) is 0.148. The molecule has 0 fully saturated rings. The fourth-order valence-electron chi connectivity index (χ4n) is 3.78. The summed E-state index contributed by atoms with van der Waals surface area (Å²) in [7, 11) is 0. The van der Waals surface area contributed by atoms with E-state index in [1.54, 1.807) is 17.8 Å². The maximum Gasteiger partial charge on any atom is 0.248 e. The van der Waals surface area contributed by atoms with Crippen molar-refractivity contribution in [3.8, 4) is 5.75 Å². The quantitative estimate of drug-likeness (QED) is 0.311. The summed E-state index contributed by atoms with van der Waals surface area (Å²) in [6.07, 6.45) is 0. The van der Waals surface area contributed by atoms with Gasteiger partial charge in [-0.15, -0.1) is 10.2 Å². The molecule has 2 aromatic heterocycles. The molecule has 0 unspecified atom stereocenters. The van der Waals surface area contributed by atoms with Crippen LogP contribution in [0.3, 0.4) is 0 Å². The van der Waals surface area contributed by atoms with Gasteiger partial charge in [0, 0.05) is 22.7 Å². The summed E-state index contributed by atoms with van der Waals surface area (Å²) in [5, 5.41) is 10.7. The van der Waals surface area contributed by atoms with Crippen LogP contribution in [-0.4, -0.2) is 19.7 Å². The van der Waals surface area contributed by atoms with Crippen molar-refractivity contribution in [3.05, 3.63) is 118 Å². The largest absolute Gasteiger partial charge is 0.486 e. The maximum atomic E-state index is 12.2. The van der Waals surface area contributed by atoms with E-state index in [1.807, 2.05) is 73.7 Å². The number of ether oxygens (including phenoxy) is 1. The number of nitrogens with one attached hydrogen (secondary N) is 1. The van der Waals surface area contributed by atoms with E-state index in [2.05, 4.69) is 31.9 Å². The zero-order valence-electron chi connectivity index (χ0n) is 18.8. The van der Waals surface area contributed by atoms with Gasteiger partial charge in [-0.2, -0.15) is 0 Å². The molecule has 6 nitrogen and oxygen atoms in total. The van der Waals surface area contributed by atoms with Crippen molar-refractivity contribution in [2.45, 2.75) is 31.0 Å². The van der Waals surface area contributed by atoms with Gasteiger partial charge in [0.2, 0.25) is 5.56 Å². The Morgan fingerprint density at radius 2 is 1.71 bits per heavy atom. The molecule has 7 heteroatoms. The van der Waals surface area contributed by atoms with Crippen LogP contribution >= 0.6 is 11.8 Å². The number of nitrogens with zero attached hydrogens (tertiary/aromatic N) is 3. The molecule has 0 amide bonds. The Morgan fingerprint density at radius 3 is 2.53 bits per heavy atom. The van der Waals surface area contributed by atoms with Crippen LogP contribution in [0.1, 0.15) is 22.5 Å². The molecular formula is C27H24N4O2S. The van der Waals surface area contributed by atoms with Crippen LogP contribution < -0.4 is 10.3 Å². The molecule has 5 aromatic rings. The van der Waals surface area contributed by atoms with E-state index in [1.165, 1.54) is 5.56 Å². The van der Waals surface area contributed by atoms with E-state index in [0.717, 1.165) is 38.8 Å². The van der Waals surface area contributed by atoms with Gasteiger partial charge < -0.3 is 9.72 Å². The van der Waals surface area contributed by atoms with Crippen LogP contribution in [0, 0.1) is 6.92 Å². The lowest BCUT2D eigenvalue weighted by Gasteiger charge is -2.12. The second kappa shape index (κ2) is 9.97. The van der Waals surface area contributed by atoms with E-state index in [9.17, 15) is 4.79 Å². The molecule has 34 heavy (non-hydrogen) atoms. The summed E-state index contributed by atoms with van der Waals surface area (Å²) in [5.74, 6) is 2.16. The molecule has 0 saturated heterocycles. The third-order valence-corrected chi connectivity index (χ3v) is 6.57. The number of rotatable bonds is 8. The van der Waals surface area contributed by atoms with Gasteiger partial charge in [0.1, 0.15) is 12.4 Å². The van der Waals surface area contributed by atoms with Crippen molar-refractivity contribution in [3.63, 3.8) is 0 Å². The van der Waals surface area contributed by atoms with Gasteiger partial charge in [0.25, 0.3) is 0 Å². The second-order valence-corrected chi connectivity index (χ2v) is 9.01. The Hall–Kier alpha value is -3.84. The summed E-state index contributed by atoms with van der Waals surface area (Å²) in [6.45, 7) is 3.00. The molecule has 0 radical (unpaired) electrons. The Balaban J connectivity index is 1.41. The van der Waals surface area contributed by atoms with Crippen molar-refractivity contribution in [1.82, 2.24) is 19.7 Å². The SMILES string of the molecule is Cc1ccc(OCc2nnc(SCc3cc(=O)[nH]c4ccccc34)n2Cc2ccccc2)cc1. The minimum Gasteiger partial charge on any atom is -0.486 e. The van der Waals surface area contributed by atoms with Gasteiger partial charge in [-0.25, -0.2) is 0 Å². The van der Waals surface area contributed by atoms with Crippen molar-refractivity contribution in [2.75, 3.05) is 0 Å². The summed E-state index contributed by atoms with van der Waals surface area (Å²) in [4.78, 5) is 15.1. The predicted octanol–water partition coefficient (Wildman–Crippen LogP) is 5.35. The lowest BCUT2D eigenvalue weighted by Crippen LogP contribution is -2.10. The summed E-state index contributed by atoms with van der Waals surface area (Å²) in [6, 6.07) is 27.7. The number of aromatic nitrogens is 4. The van der Waals surface area contributed by atoms with Crippen LogP contribution in [0.4, 0.5) is 0 Å². The molecule has 0 aliphatic carbocycles. The minimum atomic E-state index is -0.104. The molecule has 170 valence electrons. The first kappa shape index (κ1) is 22.0. The number of thioether (sulfide) groups is 1. The monoisotopic (exact) mass is 468 g/mol. The van der Waals surface area contributed by atoms with E-state index < -0.39 is 0 Å². The van der Waals surface area contributed by atoms with Gasteiger partial charge >= 0.3 is 0 Å². The molecule has 0 saturated carbocycles. The Morgan fingerprint density at radius 1 is 0.941 bits per heavy atom. The van der Waals surface area contributed by atoms with E-state index in [0.29, 0.717) is 18.9 Å². The molecular weight excluding hydrogens is 444 g/mol. The average Bonchev–Trinajstić information content (AvgIpc) is 3.24. The number of hydrogen-bond acceptors (Lipinski definition) is 5. The molecule has 0 aliphatic rings. The van der Waals surface area contributed by atoms with Gasteiger partial charge in [-0.1, -0.05) is 78.0 Å². The number of fused-ring (bicyclic) bond motifs is 1. The van der Waals surface area contributed by atoms with Crippen LogP contribution in [0.15, 0.2) is 94.9 Å². The molecule has 2 heterocycles. The summed E-state index contributed by atoms with van der Waals surface area (Å²) in [5.41, 5.74) is 4.04. The second-order valence-electron chi connectivity index (χ2n) is 8.07. The van der Waals surface area contributed by atoms with Crippen LogP contribution in [0.25, 0.3) is 10.9 Å². The third-order valence-electron chi connectivity index (χ3n) is 5.56. The highest BCUT2D eigenvalue weighted by molar-refractivity contribution is 7.98. The highest BCUT2D eigenvalue weighted by atomic mass is 32.2. The molecule has 1 N–H and O–H groups in total. The normalized spacial score (nSPS) is 11.1. The first-order valence-corrected chi connectivity index (χ1v) is 12.0. The number of aryl methyl sites for hydroxylation is 1. The number of H-pyrrole nitrogens is 1. The molecule has 5 rings (SSSR count).